The van der Waals surface area contributed by atoms with Crippen LogP contribution in [-0.2, 0) is 16.3 Å². The fourth-order valence-electron chi connectivity index (χ4n) is 4.26. The summed E-state index contributed by atoms with van der Waals surface area (Å²) in [6, 6.07) is 33.6. The van der Waals surface area contributed by atoms with Crippen molar-refractivity contribution in [3.05, 3.63) is 125 Å². The second-order valence-corrected chi connectivity index (χ2v) is 11.3. The number of hydrogen-bond acceptors (Lipinski definition) is 3. The lowest BCUT2D eigenvalue weighted by molar-refractivity contribution is 0.527. The molecule has 0 spiro atoms. The Kier molecular flexibility index (Phi) is 7.01. The van der Waals surface area contributed by atoms with Gasteiger partial charge in [0, 0.05) is 23.1 Å². The molecule has 0 N–H and O–H groups in total. The average molecular weight is 533 g/mol. The zero-order chi connectivity index (χ0) is 25.1. The Balaban J connectivity index is 1.71. The summed E-state index contributed by atoms with van der Waals surface area (Å²) in [5.74, 6) is 1.15. The largest absolute Gasteiger partial charge is 0.460 e. The number of furan rings is 1. The van der Waals surface area contributed by atoms with E-state index >= 15 is 0 Å². The highest BCUT2D eigenvalue weighted by molar-refractivity contribution is 7.91. The maximum atomic E-state index is 13.1. The van der Waals surface area contributed by atoms with Gasteiger partial charge in [-0.1, -0.05) is 108 Å². The maximum absolute atomic E-state index is 13.1. The van der Waals surface area contributed by atoms with Crippen molar-refractivity contribution in [1.29, 1.82) is 0 Å². The Labute approximate surface area is 220 Å². The minimum absolute atomic E-state index is 0.0959. The van der Waals surface area contributed by atoms with Crippen LogP contribution in [0.3, 0.4) is 0 Å². The first-order chi connectivity index (χ1) is 17.4. The Hall–Kier alpha value is -3.31. The predicted octanol–water partition coefficient (Wildman–Crippen LogP) is 8.60. The molecule has 0 aliphatic carbocycles. The van der Waals surface area contributed by atoms with Gasteiger partial charge in [0.15, 0.2) is 9.84 Å². The third-order valence-corrected chi connectivity index (χ3v) is 8.46. The monoisotopic (exact) mass is 532 g/mol. The third kappa shape index (κ3) is 4.98. The predicted molar refractivity (Wildman–Crippen MR) is 147 cm³/mol. The molecule has 0 saturated heterocycles. The van der Waals surface area contributed by atoms with E-state index in [1.54, 1.807) is 42.5 Å². The van der Waals surface area contributed by atoms with Crippen LogP contribution in [0.4, 0.5) is 0 Å². The van der Waals surface area contributed by atoms with Crippen LogP contribution in [0.1, 0.15) is 5.76 Å². The van der Waals surface area contributed by atoms with Crippen LogP contribution in [-0.4, -0.2) is 14.2 Å². The van der Waals surface area contributed by atoms with Crippen molar-refractivity contribution < 1.29 is 12.8 Å². The Bertz CT molecular complexity index is 1590. The molecule has 5 rings (SSSR count). The van der Waals surface area contributed by atoms with Crippen molar-refractivity contribution >= 4 is 33.0 Å². The van der Waals surface area contributed by atoms with Gasteiger partial charge >= 0.3 is 0 Å². The highest BCUT2D eigenvalue weighted by Crippen LogP contribution is 2.45. The number of benzene rings is 4. The highest BCUT2D eigenvalue weighted by atomic mass is 35.5. The van der Waals surface area contributed by atoms with Crippen LogP contribution < -0.4 is 0 Å². The van der Waals surface area contributed by atoms with Gasteiger partial charge in [-0.3, -0.25) is 0 Å². The van der Waals surface area contributed by atoms with Gasteiger partial charge in [-0.25, -0.2) is 8.42 Å². The van der Waals surface area contributed by atoms with E-state index in [1.807, 2.05) is 66.7 Å². The first kappa shape index (κ1) is 24.4. The number of rotatable bonds is 7. The van der Waals surface area contributed by atoms with Crippen molar-refractivity contribution in [3.63, 3.8) is 0 Å². The van der Waals surface area contributed by atoms with Crippen LogP contribution in [0.5, 0.6) is 0 Å². The van der Waals surface area contributed by atoms with Crippen molar-refractivity contribution in [2.75, 3.05) is 5.75 Å². The van der Waals surface area contributed by atoms with Gasteiger partial charge in [-0.15, -0.1) is 0 Å². The zero-order valence-corrected chi connectivity index (χ0v) is 21.5. The fraction of sp³-hybridized carbons (Fsp3) is 0.0667. The molecule has 0 aliphatic rings. The molecule has 0 unspecified atom stereocenters. The summed E-state index contributed by atoms with van der Waals surface area (Å²) in [6.07, 6.45) is 0.194. The maximum Gasteiger partial charge on any atom is 0.178 e. The summed E-state index contributed by atoms with van der Waals surface area (Å²) in [5.41, 5.74) is 4.35. The van der Waals surface area contributed by atoms with E-state index in [0.717, 1.165) is 27.8 Å². The molecule has 0 amide bonds. The van der Waals surface area contributed by atoms with E-state index in [0.29, 0.717) is 26.5 Å². The van der Waals surface area contributed by atoms with E-state index in [-0.39, 0.29) is 12.2 Å². The van der Waals surface area contributed by atoms with E-state index in [2.05, 4.69) is 0 Å². The summed E-state index contributed by atoms with van der Waals surface area (Å²) >= 11 is 12.6. The van der Waals surface area contributed by atoms with E-state index in [1.165, 1.54) is 0 Å². The van der Waals surface area contributed by atoms with Gasteiger partial charge in [-0.05, 0) is 35.4 Å². The first-order valence-electron chi connectivity index (χ1n) is 11.4. The van der Waals surface area contributed by atoms with Gasteiger partial charge in [-0.2, -0.15) is 0 Å². The molecule has 0 atom stereocenters. The molecule has 0 fully saturated rings. The van der Waals surface area contributed by atoms with Gasteiger partial charge in [0.05, 0.1) is 20.7 Å². The number of hydrogen-bond donors (Lipinski definition) is 0. The minimum atomic E-state index is -3.51. The van der Waals surface area contributed by atoms with E-state index in [9.17, 15) is 8.42 Å². The second kappa shape index (κ2) is 10.4. The standard InChI is InChI=1S/C30H22Cl2O3S/c31-25-17-16-23(20-26(25)32)28-27(18-19-36(33,34)24-14-8-3-9-15-24)35-30(22-12-6-2-7-13-22)29(28)21-10-4-1-5-11-21/h1-17,20H,18-19H2. The summed E-state index contributed by atoms with van der Waals surface area (Å²) < 4.78 is 32.7. The van der Waals surface area contributed by atoms with Gasteiger partial charge in [0.25, 0.3) is 0 Å². The van der Waals surface area contributed by atoms with Crippen LogP contribution in [0.2, 0.25) is 10.0 Å². The molecular formula is C30H22Cl2O3S. The Morgan fingerprint density at radius 3 is 1.81 bits per heavy atom. The molecule has 3 nitrogen and oxygen atoms in total. The number of aryl methyl sites for hydroxylation is 1. The summed E-state index contributed by atoms with van der Waals surface area (Å²) in [7, 11) is -3.51. The normalized spacial score (nSPS) is 11.5. The Morgan fingerprint density at radius 1 is 0.611 bits per heavy atom. The molecule has 0 bridgehead atoms. The third-order valence-electron chi connectivity index (χ3n) is 5.99. The molecule has 4 aromatic carbocycles. The highest BCUT2D eigenvalue weighted by Gasteiger charge is 2.26. The van der Waals surface area contributed by atoms with Crippen molar-refractivity contribution in [3.8, 4) is 33.6 Å². The van der Waals surface area contributed by atoms with Crippen LogP contribution >= 0.6 is 23.2 Å². The van der Waals surface area contributed by atoms with E-state index < -0.39 is 9.84 Å². The summed E-state index contributed by atoms with van der Waals surface area (Å²) in [6.45, 7) is 0. The fourth-order valence-corrected chi connectivity index (χ4v) is 5.82. The van der Waals surface area contributed by atoms with Gasteiger partial charge in [0.1, 0.15) is 11.5 Å². The molecule has 0 saturated carbocycles. The van der Waals surface area contributed by atoms with Crippen LogP contribution in [0.15, 0.2) is 119 Å². The number of halogens is 2. The zero-order valence-electron chi connectivity index (χ0n) is 19.2. The lowest BCUT2D eigenvalue weighted by atomic mass is 9.92. The molecule has 1 heterocycles. The SMILES string of the molecule is O=S(=O)(CCc1oc(-c2ccccc2)c(-c2ccccc2)c1-c1ccc(Cl)c(Cl)c1)c1ccccc1. The molecule has 0 radical (unpaired) electrons. The lowest BCUT2D eigenvalue weighted by Gasteiger charge is -2.10. The molecule has 1 aromatic heterocycles. The smallest absolute Gasteiger partial charge is 0.178 e. The van der Waals surface area contributed by atoms with Gasteiger partial charge < -0.3 is 4.42 Å². The quantitative estimate of drug-likeness (QED) is 0.210. The van der Waals surface area contributed by atoms with Crippen molar-refractivity contribution in [2.45, 2.75) is 11.3 Å². The van der Waals surface area contributed by atoms with Crippen molar-refractivity contribution in [1.82, 2.24) is 0 Å². The molecule has 180 valence electrons. The van der Waals surface area contributed by atoms with Crippen molar-refractivity contribution in [2.24, 2.45) is 0 Å². The molecule has 0 aliphatic heterocycles. The first-order valence-corrected chi connectivity index (χ1v) is 13.8. The van der Waals surface area contributed by atoms with Crippen LogP contribution in [0.25, 0.3) is 33.6 Å². The second-order valence-electron chi connectivity index (χ2n) is 8.35. The molecule has 6 heteroatoms. The number of sulfone groups is 1. The van der Waals surface area contributed by atoms with Crippen LogP contribution in [0, 0.1) is 0 Å². The van der Waals surface area contributed by atoms with Gasteiger partial charge in [0.2, 0.25) is 0 Å². The summed E-state index contributed by atoms with van der Waals surface area (Å²) in [5, 5.41) is 0.861. The molecule has 36 heavy (non-hydrogen) atoms. The van der Waals surface area contributed by atoms with E-state index in [4.69, 9.17) is 27.6 Å². The molecular weight excluding hydrogens is 511 g/mol. The average Bonchev–Trinajstić information content (AvgIpc) is 3.30. The molecule has 5 aromatic rings. The summed E-state index contributed by atoms with van der Waals surface area (Å²) in [4.78, 5) is 0.291. The topological polar surface area (TPSA) is 47.3 Å². The Morgan fingerprint density at radius 2 is 1.19 bits per heavy atom. The lowest BCUT2D eigenvalue weighted by Crippen LogP contribution is -2.09. The minimum Gasteiger partial charge on any atom is -0.460 e.